The number of oxazole rings is 1. The van der Waals surface area contributed by atoms with E-state index in [0.29, 0.717) is 11.1 Å². The highest BCUT2D eigenvalue weighted by Gasteiger charge is 2.19. The lowest BCUT2D eigenvalue weighted by molar-refractivity contribution is -0.136. The molecule has 0 amide bonds. The number of fused-ring (bicyclic) bond motifs is 1. The molecule has 23 heavy (non-hydrogen) atoms. The second-order valence-corrected chi connectivity index (χ2v) is 4.86. The topological polar surface area (TPSA) is 72.6 Å². The summed E-state index contributed by atoms with van der Waals surface area (Å²) < 4.78 is 10.8. The normalized spacial score (nSPS) is 11.6. The van der Waals surface area contributed by atoms with Gasteiger partial charge in [0.2, 0.25) is 5.89 Å². The molecule has 3 aromatic rings. The average molecular weight is 309 g/mol. The number of esters is 1. The Kier molecular flexibility index (Phi) is 4.10. The lowest BCUT2D eigenvalue weighted by atomic mass is 10.1. The van der Waals surface area contributed by atoms with E-state index in [0.717, 1.165) is 5.56 Å². The lowest BCUT2D eigenvalue weighted by Gasteiger charge is -2.04. The number of aromatic nitrogens is 1. The number of hydrogen-bond donors (Lipinski definition) is 1. The van der Waals surface area contributed by atoms with Gasteiger partial charge in [0, 0.05) is 0 Å². The molecule has 0 aliphatic heterocycles. The zero-order chi connectivity index (χ0) is 16.2. The molecule has 1 heterocycles. The van der Waals surface area contributed by atoms with Gasteiger partial charge in [-0.1, -0.05) is 24.3 Å². The van der Waals surface area contributed by atoms with Crippen LogP contribution in [0.4, 0.5) is 0 Å². The van der Waals surface area contributed by atoms with Crippen LogP contribution in [0.1, 0.15) is 18.4 Å². The maximum atomic E-state index is 12.3. The van der Waals surface area contributed by atoms with Crippen molar-refractivity contribution >= 4 is 28.7 Å². The van der Waals surface area contributed by atoms with Gasteiger partial charge >= 0.3 is 5.97 Å². The summed E-state index contributed by atoms with van der Waals surface area (Å²) in [4.78, 5) is 16.6. The molecule has 5 heteroatoms. The monoisotopic (exact) mass is 309 g/mol. The van der Waals surface area contributed by atoms with Gasteiger partial charge < -0.3 is 14.3 Å². The molecule has 1 N–H and O–H groups in total. The van der Waals surface area contributed by atoms with E-state index in [-0.39, 0.29) is 23.8 Å². The summed E-state index contributed by atoms with van der Waals surface area (Å²) in [7, 11) is 0. The molecule has 2 aromatic carbocycles. The fourth-order valence-electron chi connectivity index (χ4n) is 2.14. The van der Waals surface area contributed by atoms with Gasteiger partial charge in [0.15, 0.2) is 5.58 Å². The molecule has 0 spiro atoms. The Labute approximate surface area is 132 Å². The van der Waals surface area contributed by atoms with Crippen molar-refractivity contribution in [2.24, 2.45) is 0 Å². The number of aromatic hydroxyl groups is 1. The smallest absolute Gasteiger partial charge is 0.343 e. The summed E-state index contributed by atoms with van der Waals surface area (Å²) in [5.74, 6) is -0.147. The SMILES string of the molecule is CCOC(=O)C(=Cc1ccc(O)cc1)c1nc2ccccc2o1. The van der Waals surface area contributed by atoms with Crippen LogP contribution in [0.15, 0.2) is 52.9 Å². The Balaban J connectivity index is 2.07. The molecule has 5 nitrogen and oxygen atoms in total. The van der Waals surface area contributed by atoms with Gasteiger partial charge in [-0.05, 0) is 42.8 Å². The molecule has 0 radical (unpaired) electrons. The van der Waals surface area contributed by atoms with Crippen LogP contribution in [0.5, 0.6) is 5.75 Å². The van der Waals surface area contributed by atoms with Gasteiger partial charge in [-0.2, -0.15) is 0 Å². The number of para-hydroxylation sites is 2. The van der Waals surface area contributed by atoms with E-state index in [2.05, 4.69) is 4.98 Å². The number of rotatable bonds is 4. The molecule has 0 fully saturated rings. The molecular formula is C18H15NO4. The van der Waals surface area contributed by atoms with E-state index < -0.39 is 5.97 Å². The molecule has 0 saturated heterocycles. The molecule has 116 valence electrons. The number of ether oxygens (including phenoxy) is 1. The van der Waals surface area contributed by atoms with E-state index in [1.165, 1.54) is 0 Å². The molecular weight excluding hydrogens is 294 g/mol. The fourth-order valence-corrected chi connectivity index (χ4v) is 2.14. The van der Waals surface area contributed by atoms with Crippen LogP contribution in [0, 0.1) is 0 Å². The van der Waals surface area contributed by atoms with Crippen LogP contribution >= 0.6 is 0 Å². The molecule has 0 aliphatic rings. The molecule has 1 aromatic heterocycles. The second kappa shape index (κ2) is 6.36. The highest BCUT2D eigenvalue weighted by molar-refractivity contribution is 6.20. The average Bonchev–Trinajstić information content (AvgIpc) is 2.98. The number of carbonyl (C=O) groups is 1. The number of nitrogens with zero attached hydrogens (tertiary/aromatic N) is 1. The third-order valence-corrected chi connectivity index (χ3v) is 3.22. The van der Waals surface area contributed by atoms with E-state index >= 15 is 0 Å². The largest absolute Gasteiger partial charge is 0.508 e. The van der Waals surface area contributed by atoms with Crippen molar-refractivity contribution in [2.75, 3.05) is 6.61 Å². The van der Waals surface area contributed by atoms with Gasteiger partial charge in [0.25, 0.3) is 0 Å². The number of hydrogen-bond acceptors (Lipinski definition) is 5. The Morgan fingerprint density at radius 1 is 1.22 bits per heavy atom. The molecule has 0 bridgehead atoms. The number of benzene rings is 2. The summed E-state index contributed by atoms with van der Waals surface area (Å²) >= 11 is 0. The zero-order valence-corrected chi connectivity index (χ0v) is 12.5. The summed E-state index contributed by atoms with van der Waals surface area (Å²) in [5.41, 5.74) is 2.23. The van der Waals surface area contributed by atoms with Gasteiger partial charge in [0.05, 0.1) is 6.61 Å². The summed E-state index contributed by atoms with van der Waals surface area (Å²) in [6.45, 7) is 1.99. The molecule has 3 rings (SSSR count). The highest BCUT2D eigenvalue weighted by Crippen LogP contribution is 2.24. The van der Waals surface area contributed by atoms with Gasteiger partial charge in [-0.3, -0.25) is 0 Å². The van der Waals surface area contributed by atoms with Crippen molar-refractivity contribution in [3.63, 3.8) is 0 Å². The van der Waals surface area contributed by atoms with Gasteiger partial charge in [0.1, 0.15) is 16.8 Å². The number of carbonyl (C=O) groups excluding carboxylic acids is 1. The van der Waals surface area contributed by atoms with E-state index in [1.54, 1.807) is 43.3 Å². The summed E-state index contributed by atoms with van der Waals surface area (Å²) in [5, 5.41) is 9.35. The van der Waals surface area contributed by atoms with Crippen molar-refractivity contribution in [3.8, 4) is 5.75 Å². The third-order valence-electron chi connectivity index (χ3n) is 3.22. The van der Waals surface area contributed by atoms with Crippen molar-refractivity contribution in [2.45, 2.75) is 6.92 Å². The molecule has 0 saturated carbocycles. The van der Waals surface area contributed by atoms with Crippen molar-refractivity contribution in [1.29, 1.82) is 0 Å². The Morgan fingerprint density at radius 3 is 2.65 bits per heavy atom. The van der Waals surface area contributed by atoms with Crippen LogP contribution in [0.3, 0.4) is 0 Å². The summed E-state index contributed by atoms with van der Waals surface area (Å²) in [6.07, 6.45) is 1.63. The quantitative estimate of drug-likeness (QED) is 0.588. The van der Waals surface area contributed by atoms with E-state index in [4.69, 9.17) is 9.15 Å². The Hall–Kier alpha value is -3.08. The lowest BCUT2D eigenvalue weighted by Crippen LogP contribution is -2.07. The van der Waals surface area contributed by atoms with E-state index in [1.807, 2.05) is 18.2 Å². The van der Waals surface area contributed by atoms with Crippen LogP contribution in [-0.4, -0.2) is 22.7 Å². The van der Waals surface area contributed by atoms with Crippen LogP contribution in [-0.2, 0) is 9.53 Å². The van der Waals surface area contributed by atoms with Crippen molar-refractivity contribution in [1.82, 2.24) is 4.98 Å². The minimum absolute atomic E-state index is 0.154. The minimum Gasteiger partial charge on any atom is -0.508 e. The van der Waals surface area contributed by atoms with Gasteiger partial charge in [-0.25, -0.2) is 9.78 Å². The fraction of sp³-hybridized carbons (Fsp3) is 0.111. The Morgan fingerprint density at radius 2 is 1.96 bits per heavy atom. The first kappa shape index (κ1) is 14.8. The number of phenolic OH excluding ortho intramolecular Hbond substituents is 1. The molecule has 0 aliphatic carbocycles. The number of phenols is 1. The first-order valence-electron chi connectivity index (χ1n) is 7.21. The minimum atomic E-state index is -0.507. The van der Waals surface area contributed by atoms with Crippen LogP contribution in [0.25, 0.3) is 22.7 Å². The van der Waals surface area contributed by atoms with Gasteiger partial charge in [-0.15, -0.1) is 0 Å². The highest BCUT2D eigenvalue weighted by atomic mass is 16.5. The first-order chi connectivity index (χ1) is 11.2. The van der Waals surface area contributed by atoms with Crippen LogP contribution < -0.4 is 0 Å². The predicted molar refractivity (Wildman–Crippen MR) is 86.6 cm³/mol. The predicted octanol–water partition coefficient (Wildman–Crippen LogP) is 3.64. The van der Waals surface area contributed by atoms with Crippen molar-refractivity contribution < 1.29 is 19.1 Å². The third kappa shape index (κ3) is 3.23. The summed E-state index contributed by atoms with van der Waals surface area (Å²) in [6, 6.07) is 13.8. The zero-order valence-electron chi connectivity index (χ0n) is 12.5. The standard InChI is InChI=1S/C18H15NO4/c1-2-22-18(21)14(11-12-7-9-13(20)10-8-12)17-19-15-5-3-4-6-16(15)23-17/h3-11,20H,2H2,1H3. The second-order valence-electron chi connectivity index (χ2n) is 4.86. The van der Waals surface area contributed by atoms with Crippen molar-refractivity contribution in [3.05, 3.63) is 60.0 Å². The maximum absolute atomic E-state index is 12.3. The molecule has 0 atom stereocenters. The first-order valence-corrected chi connectivity index (χ1v) is 7.21. The molecule has 0 unspecified atom stereocenters. The Bertz CT molecular complexity index is 829. The van der Waals surface area contributed by atoms with Crippen LogP contribution in [0.2, 0.25) is 0 Å². The maximum Gasteiger partial charge on any atom is 0.343 e. The van der Waals surface area contributed by atoms with E-state index in [9.17, 15) is 9.90 Å².